The lowest BCUT2D eigenvalue weighted by Crippen LogP contribution is -2.11. The van der Waals surface area contributed by atoms with E-state index < -0.39 is 0 Å². The van der Waals surface area contributed by atoms with Crippen LogP contribution in [0.25, 0.3) is 0 Å². The Balaban J connectivity index is 2.04. The van der Waals surface area contributed by atoms with Gasteiger partial charge in [-0.25, -0.2) is 0 Å². The average molecular weight is 278 g/mol. The molecule has 0 unspecified atom stereocenters. The molecule has 0 fully saturated rings. The topological polar surface area (TPSA) is 87.7 Å². The predicted octanol–water partition coefficient (Wildman–Crippen LogP) is 2.27. The van der Waals surface area contributed by atoms with Crippen molar-refractivity contribution < 1.29 is 9.59 Å². The lowest BCUT2D eigenvalue weighted by molar-refractivity contribution is 0.101. The number of aromatic amines is 1. The molecule has 19 heavy (non-hydrogen) atoms. The molecule has 0 atom stereocenters. The first-order valence-electron chi connectivity index (χ1n) is 5.93. The van der Waals surface area contributed by atoms with Crippen molar-refractivity contribution in [3.05, 3.63) is 28.5 Å². The van der Waals surface area contributed by atoms with Gasteiger partial charge in [0.2, 0.25) is 5.13 Å². The Kier molecular flexibility index (Phi) is 4.06. The van der Waals surface area contributed by atoms with Gasteiger partial charge in [-0.05, 0) is 19.4 Å². The van der Waals surface area contributed by atoms with Gasteiger partial charge in [-0.2, -0.15) is 0 Å². The summed E-state index contributed by atoms with van der Waals surface area (Å²) in [6.45, 7) is 3.51. The highest BCUT2D eigenvalue weighted by molar-refractivity contribution is 7.15. The zero-order valence-corrected chi connectivity index (χ0v) is 11.5. The third-order valence-corrected chi connectivity index (χ3v) is 3.38. The molecule has 1 amide bonds. The number of carbonyl (C=O) groups is 2. The molecule has 0 aliphatic carbocycles. The number of aromatic nitrogens is 3. The number of amides is 1. The second kappa shape index (κ2) is 5.75. The van der Waals surface area contributed by atoms with Crippen molar-refractivity contribution in [2.75, 3.05) is 5.32 Å². The lowest BCUT2D eigenvalue weighted by atomic mass is 10.2. The minimum Gasteiger partial charge on any atom is -0.356 e. The van der Waals surface area contributed by atoms with Crippen molar-refractivity contribution in [2.45, 2.75) is 26.7 Å². The summed E-state index contributed by atoms with van der Waals surface area (Å²) in [5.74, 6) is -0.414. The van der Waals surface area contributed by atoms with Crippen LogP contribution in [-0.2, 0) is 6.42 Å². The quantitative estimate of drug-likeness (QED) is 0.821. The van der Waals surface area contributed by atoms with Gasteiger partial charge in [0.1, 0.15) is 10.7 Å². The number of Topliss-reactive ketones (excluding diaryl/α,β-unsaturated/α-hetero) is 1. The second-order valence-electron chi connectivity index (χ2n) is 4.06. The van der Waals surface area contributed by atoms with E-state index in [-0.39, 0.29) is 11.7 Å². The molecule has 0 bridgehead atoms. The van der Waals surface area contributed by atoms with Gasteiger partial charge in [0.15, 0.2) is 5.78 Å². The minimum atomic E-state index is -0.327. The molecule has 2 aromatic heterocycles. The standard InChI is InChI=1S/C12H14N4O2S/c1-3-4-10-15-16-12(19-10)14-11(18)9-5-8(6-13-9)7(2)17/h5-6,13H,3-4H2,1-2H3,(H,14,16,18). The maximum atomic E-state index is 11.9. The van der Waals surface area contributed by atoms with Crippen LogP contribution in [0.3, 0.4) is 0 Å². The summed E-state index contributed by atoms with van der Waals surface area (Å²) in [7, 11) is 0. The zero-order chi connectivity index (χ0) is 13.8. The molecular formula is C12H14N4O2S. The number of ketones is 1. The summed E-state index contributed by atoms with van der Waals surface area (Å²) in [6.07, 6.45) is 3.35. The predicted molar refractivity (Wildman–Crippen MR) is 72.7 cm³/mol. The SMILES string of the molecule is CCCc1nnc(NC(=O)c2cc(C(C)=O)c[nH]2)s1. The van der Waals surface area contributed by atoms with Crippen LogP contribution in [0, 0.1) is 0 Å². The molecule has 0 radical (unpaired) electrons. The Bertz CT molecular complexity index is 602. The van der Waals surface area contributed by atoms with Gasteiger partial charge >= 0.3 is 0 Å². The van der Waals surface area contributed by atoms with Gasteiger partial charge in [-0.15, -0.1) is 10.2 Å². The first-order chi connectivity index (χ1) is 9.10. The first kappa shape index (κ1) is 13.4. The number of anilines is 1. The van der Waals surface area contributed by atoms with Crippen LogP contribution < -0.4 is 5.32 Å². The molecule has 0 aliphatic rings. The van der Waals surface area contributed by atoms with E-state index in [2.05, 4.69) is 27.4 Å². The molecule has 2 rings (SSSR count). The molecule has 0 saturated carbocycles. The van der Waals surface area contributed by atoms with E-state index in [1.54, 1.807) is 0 Å². The summed E-state index contributed by atoms with van der Waals surface area (Å²) < 4.78 is 0. The summed E-state index contributed by atoms with van der Waals surface area (Å²) in [5, 5.41) is 11.9. The first-order valence-corrected chi connectivity index (χ1v) is 6.75. The molecule has 6 nitrogen and oxygen atoms in total. The zero-order valence-electron chi connectivity index (χ0n) is 10.7. The number of hydrogen-bond donors (Lipinski definition) is 2. The molecule has 0 aliphatic heterocycles. The van der Waals surface area contributed by atoms with Crippen LogP contribution in [0.4, 0.5) is 5.13 Å². The monoisotopic (exact) mass is 278 g/mol. The van der Waals surface area contributed by atoms with Crippen LogP contribution >= 0.6 is 11.3 Å². The van der Waals surface area contributed by atoms with Crippen molar-refractivity contribution in [3.63, 3.8) is 0 Å². The van der Waals surface area contributed by atoms with Gasteiger partial charge < -0.3 is 4.98 Å². The van der Waals surface area contributed by atoms with Gasteiger partial charge in [0, 0.05) is 18.2 Å². The van der Waals surface area contributed by atoms with Crippen LogP contribution in [0.1, 0.15) is 46.1 Å². The molecule has 2 aromatic rings. The third-order valence-electron chi connectivity index (χ3n) is 2.49. The highest BCUT2D eigenvalue weighted by Crippen LogP contribution is 2.17. The summed E-state index contributed by atoms with van der Waals surface area (Å²) in [5.41, 5.74) is 0.812. The normalized spacial score (nSPS) is 10.4. The number of nitrogens with zero attached hydrogens (tertiary/aromatic N) is 2. The van der Waals surface area contributed by atoms with Gasteiger partial charge in [-0.3, -0.25) is 14.9 Å². The lowest BCUT2D eigenvalue weighted by Gasteiger charge is -1.96. The Morgan fingerprint density at radius 3 is 2.84 bits per heavy atom. The number of carbonyl (C=O) groups excluding carboxylic acids is 2. The molecule has 2 N–H and O–H groups in total. The third kappa shape index (κ3) is 3.25. The number of rotatable bonds is 5. The fourth-order valence-corrected chi connectivity index (χ4v) is 2.35. The van der Waals surface area contributed by atoms with E-state index in [1.807, 2.05) is 0 Å². The van der Waals surface area contributed by atoms with Crippen molar-refractivity contribution in [1.29, 1.82) is 0 Å². The van der Waals surface area contributed by atoms with E-state index in [9.17, 15) is 9.59 Å². The van der Waals surface area contributed by atoms with E-state index in [0.29, 0.717) is 16.4 Å². The molecule has 0 aromatic carbocycles. The maximum absolute atomic E-state index is 11.9. The van der Waals surface area contributed by atoms with Crippen molar-refractivity contribution in [1.82, 2.24) is 15.2 Å². The minimum absolute atomic E-state index is 0.0866. The molecule has 100 valence electrons. The maximum Gasteiger partial charge on any atom is 0.273 e. The Morgan fingerprint density at radius 1 is 1.42 bits per heavy atom. The van der Waals surface area contributed by atoms with Crippen LogP contribution in [0.15, 0.2) is 12.3 Å². The molecule has 0 saturated heterocycles. The summed E-state index contributed by atoms with van der Waals surface area (Å²) >= 11 is 1.36. The summed E-state index contributed by atoms with van der Waals surface area (Å²) in [4.78, 5) is 25.8. The second-order valence-corrected chi connectivity index (χ2v) is 5.13. The van der Waals surface area contributed by atoms with Crippen molar-refractivity contribution >= 4 is 28.2 Å². The van der Waals surface area contributed by atoms with Crippen LogP contribution in [0.5, 0.6) is 0 Å². The number of aryl methyl sites for hydroxylation is 1. The van der Waals surface area contributed by atoms with E-state index in [4.69, 9.17) is 0 Å². The van der Waals surface area contributed by atoms with E-state index >= 15 is 0 Å². The van der Waals surface area contributed by atoms with Gasteiger partial charge in [0.25, 0.3) is 5.91 Å². The molecule has 2 heterocycles. The van der Waals surface area contributed by atoms with E-state index in [1.165, 1.54) is 30.5 Å². The summed E-state index contributed by atoms with van der Waals surface area (Å²) in [6, 6.07) is 1.52. The van der Waals surface area contributed by atoms with Crippen LogP contribution in [-0.4, -0.2) is 26.9 Å². The van der Waals surface area contributed by atoms with Crippen LogP contribution in [0.2, 0.25) is 0 Å². The van der Waals surface area contributed by atoms with Crippen molar-refractivity contribution in [2.24, 2.45) is 0 Å². The average Bonchev–Trinajstić information content (AvgIpc) is 2.98. The molecular weight excluding hydrogens is 264 g/mol. The van der Waals surface area contributed by atoms with Gasteiger partial charge in [0.05, 0.1) is 0 Å². The molecule has 7 heteroatoms. The fraction of sp³-hybridized carbons (Fsp3) is 0.333. The largest absolute Gasteiger partial charge is 0.356 e. The Morgan fingerprint density at radius 2 is 2.21 bits per heavy atom. The Hall–Kier alpha value is -2.02. The number of H-pyrrole nitrogens is 1. The smallest absolute Gasteiger partial charge is 0.273 e. The molecule has 0 spiro atoms. The number of hydrogen-bond acceptors (Lipinski definition) is 5. The highest BCUT2D eigenvalue weighted by Gasteiger charge is 2.13. The van der Waals surface area contributed by atoms with Gasteiger partial charge in [-0.1, -0.05) is 18.3 Å². The Labute approximate surface area is 114 Å². The van der Waals surface area contributed by atoms with Crippen molar-refractivity contribution in [3.8, 4) is 0 Å². The highest BCUT2D eigenvalue weighted by atomic mass is 32.1. The van der Waals surface area contributed by atoms with E-state index in [0.717, 1.165) is 17.8 Å². The number of nitrogens with one attached hydrogen (secondary N) is 2. The fourth-order valence-electron chi connectivity index (χ4n) is 1.51.